The molecule has 10 heteroatoms. The standard InChI is InChI=1S/C20H24O10/c1-11(21)26-16-17(25-10-15-8-6-5-7-9-15)19(28-13(3)23)30-20(29-14(4)24)18(16)27-12(2)22/h5-9,16-20H,10H2,1-4H3/t16-,17-,18+,19+,20+/m1/s1. The molecule has 0 saturated carbocycles. The summed E-state index contributed by atoms with van der Waals surface area (Å²) in [6.45, 7) is 4.60. The Hall–Kier alpha value is -2.98. The number of hydrogen-bond donors (Lipinski definition) is 0. The Labute approximate surface area is 173 Å². The first-order chi connectivity index (χ1) is 14.2. The number of esters is 4. The quantitative estimate of drug-likeness (QED) is 0.466. The van der Waals surface area contributed by atoms with Gasteiger partial charge < -0.3 is 23.7 Å². The first-order valence-corrected chi connectivity index (χ1v) is 9.17. The molecular weight excluding hydrogens is 400 g/mol. The second-order valence-electron chi connectivity index (χ2n) is 6.50. The molecule has 0 unspecified atom stereocenters. The van der Waals surface area contributed by atoms with Crippen LogP contribution in [0.1, 0.15) is 33.3 Å². The normalized spacial score (nSPS) is 25.7. The predicted molar refractivity (Wildman–Crippen MR) is 98.3 cm³/mol. The Kier molecular flexibility index (Phi) is 8.31. The van der Waals surface area contributed by atoms with Crippen LogP contribution in [0.4, 0.5) is 0 Å². The third-order valence-corrected chi connectivity index (χ3v) is 3.91. The van der Waals surface area contributed by atoms with E-state index in [1.807, 2.05) is 18.2 Å². The number of hydrogen-bond acceptors (Lipinski definition) is 10. The van der Waals surface area contributed by atoms with Gasteiger partial charge in [0.25, 0.3) is 0 Å². The third-order valence-electron chi connectivity index (χ3n) is 3.91. The smallest absolute Gasteiger partial charge is 0.305 e. The molecule has 1 saturated heterocycles. The fourth-order valence-electron chi connectivity index (χ4n) is 2.88. The number of benzene rings is 1. The topological polar surface area (TPSA) is 124 Å². The van der Waals surface area contributed by atoms with Crippen LogP contribution < -0.4 is 0 Å². The lowest BCUT2D eigenvalue weighted by atomic mass is 10.0. The van der Waals surface area contributed by atoms with Crippen molar-refractivity contribution >= 4 is 23.9 Å². The van der Waals surface area contributed by atoms with Gasteiger partial charge in [0.05, 0.1) is 6.61 Å². The maximum Gasteiger partial charge on any atom is 0.305 e. The van der Waals surface area contributed by atoms with Crippen LogP contribution in [0, 0.1) is 0 Å². The van der Waals surface area contributed by atoms with E-state index in [2.05, 4.69) is 0 Å². The molecule has 1 aliphatic heterocycles. The van der Waals surface area contributed by atoms with Gasteiger partial charge in [0, 0.05) is 27.7 Å². The summed E-state index contributed by atoms with van der Waals surface area (Å²) in [5, 5.41) is 0. The molecule has 0 radical (unpaired) electrons. The second-order valence-corrected chi connectivity index (χ2v) is 6.50. The van der Waals surface area contributed by atoms with Gasteiger partial charge in [0.1, 0.15) is 0 Å². The van der Waals surface area contributed by atoms with Crippen LogP contribution >= 0.6 is 0 Å². The van der Waals surface area contributed by atoms with Gasteiger partial charge in [-0.2, -0.15) is 0 Å². The molecule has 0 N–H and O–H groups in total. The van der Waals surface area contributed by atoms with Gasteiger partial charge in [-0.05, 0) is 5.56 Å². The minimum Gasteiger partial charge on any atom is -0.455 e. The molecule has 0 spiro atoms. The minimum absolute atomic E-state index is 0.0510. The summed E-state index contributed by atoms with van der Waals surface area (Å²) in [7, 11) is 0. The zero-order valence-electron chi connectivity index (χ0n) is 17.1. The molecule has 2 rings (SSSR count). The molecule has 1 fully saturated rings. The Morgan fingerprint density at radius 2 is 1.17 bits per heavy atom. The highest BCUT2D eigenvalue weighted by Gasteiger charge is 2.53. The van der Waals surface area contributed by atoms with Crippen molar-refractivity contribution in [2.24, 2.45) is 0 Å². The van der Waals surface area contributed by atoms with Crippen molar-refractivity contribution in [2.75, 3.05) is 0 Å². The highest BCUT2D eigenvalue weighted by atomic mass is 16.8. The summed E-state index contributed by atoms with van der Waals surface area (Å²) in [5.74, 6) is -2.90. The lowest BCUT2D eigenvalue weighted by molar-refractivity contribution is -0.342. The largest absolute Gasteiger partial charge is 0.455 e. The molecule has 1 heterocycles. The Morgan fingerprint density at radius 3 is 1.67 bits per heavy atom. The molecule has 0 aliphatic carbocycles. The Bertz CT molecular complexity index is 762. The van der Waals surface area contributed by atoms with E-state index >= 15 is 0 Å². The zero-order valence-corrected chi connectivity index (χ0v) is 17.1. The summed E-state index contributed by atoms with van der Waals surface area (Å²) in [6.07, 6.45) is -6.68. The molecule has 10 nitrogen and oxygen atoms in total. The maximum absolute atomic E-state index is 11.7. The fourth-order valence-corrected chi connectivity index (χ4v) is 2.88. The molecular formula is C20H24O10. The number of carbonyl (C=O) groups excluding carboxylic acids is 4. The molecule has 0 amide bonds. The van der Waals surface area contributed by atoms with Crippen LogP contribution in [-0.4, -0.2) is 54.8 Å². The van der Waals surface area contributed by atoms with Crippen LogP contribution in [-0.2, 0) is 54.2 Å². The van der Waals surface area contributed by atoms with Crippen molar-refractivity contribution in [1.82, 2.24) is 0 Å². The average Bonchev–Trinajstić information content (AvgIpc) is 2.63. The summed E-state index contributed by atoms with van der Waals surface area (Å²) < 4.78 is 32.2. The van der Waals surface area contributed by atoms with E-state index < -0.39 is 54.8 Å². The van der Waals surface area contributed by atoms with Crippen LogP contribution in [0.15, 0.2) is 30.3 Å². The second kappa shape index (κ2) is 10.7. The number of carbonyl (C=O) groups is 4. The first kappa shape index (κ1) is 23.3. The molecule has 0 bridgehead atoms. The molecule has 164 valence electrons. The van der Waals surface area contributed by atoms with Crippen molar-refractivity contribution in [3.8, 4) is 0 Å². The van der Waals surface area contributed by atoms with Crippen molar-refractivity contribution in [3.05, 3.63) is 35.9 Å². The van der Waals surface area contributed by atoms with Gasteiger partial charge in [-0.15, -0.1) is 0 Å². The zero-order chi connectivity index (χ0) is 22.3. The Morgan fingerprint density at radius 1 is 0.700 bits per heavy atom. The molecule has 5 atom stereocenters. The van der Waals surface area contributed by atoms with Gasteiger partial charge in [0.2, 0.25) is 18.7 Å². The van der Waals surface area contributed by atoms with Crippen molar-refractivity contribution in [2.45, 2.75) is 65.2 Å². The van der Waals surface area contributed by atoms with E-state index in [-0.39, 0.29) is 6.61 Å². The average molecular weight is 424 g/mol. The summed E-state index contributed by atoms with van der Waals surface area (Å²) in [5.41, 5.74) is 0.784. The molecule has 30 heavy (non-hydrogen) atoms. The number of ether oxygens (including phenoxy) is 6. The molecule has 1 aromatic rings. The summed E-state index contributed by atoms with van der Waals surface area (Å²) >= 11 is 0. The highest BCUT2D eigenvalue weighted by molar-refractivity contribution is 5.68. The molecule has 1 aliphatic rings. The van der Waals surface area contributed by atoms with Crippen molar-refractivity contribution in [3.63, 3.8) is 0 Å². The van der Waals surface area contributed by atoms with Gasteiger partial charge in [-0.25, -0.2) is 0 Å². The monoisotopic (exact) mass is 424 g/mol. The Balaban J connectivity index is 2.38. The van der Waals surface area contributed by atoms with Crippen molar-refractivity contribution in [1.29, 1.82) is 0 Å². The third kappa shape index (κ3) is 6.82. The SMILES string of the molecule is CC(=O)O[C@H]1O[C@H](OC(C)=O)[C@H](OCc2ccccc2)[C@@H](OC(C)=O)[C@@H]1OC(C)=O. The first-order valence-electron chi connectivity index (χ1n) is 9.17. The van der Waals surface area contributed by atoms with Crippen LogP contribution in [0.2, 0.25) is 0 Å². The van der Waals surface area contributed by atoms with Gasteiger partial charge in [-0.3, -0.25) is 23.9 Å². The van der Waals surface area contributed by atoms with Crippen LogP contribution in [0.25, 0.3) is 0 Å². The number of rotatable bonds is 7. The van der Waals surface area contributed by atoms with Gasteiger partial charge >= 0.3 is 23.9 Å². The van der Waals surface area contributed by atoms with Crippen LogP contribution in [0.5, 0.6) is 0 Å². The maximum atomic E-state index is 11.7. The van der Waals surface area contributed by atoms with E-state index in [1.165, 1.54) is 0 Å². The van der Waals surface area contributed by atoms with E-state index in [0.29, 0.717) is 0 Å². The summed E-state index contributed by atoms with van der Waals surface area (Å²) in [6, 6.07) is 9.05. The fraction of sp³-hybridized carbons (Fsp3) is 0.500. The van der Waals surface area contributed by atoms with Gasteiger partial charge in [-0.1, -0.05) is 30.3 Å². The van der Waals surface area contributed by atoms with E-state index in [1.54, 1.807) is 12.1 Å². The lowest BCUT2D eigenvalue weighted by Gasteiger charge is -2.43. The molecule has 0 aromatic heterocycles. The van der Waals surface area contributed by atoms with E-state index in [9.17, 15) is 19.2 Å². The predicted octanol–water partition coefficient (Wildman–Crippen LogP) is 1.24. The van der Waals surface area contributed by atoms with Crippen LogP contribution in [0.3, 0.4) is 0 Å². The minimum atomic E-state index is -1.49. The van der Waals surface area contributed by atoms with Crippen molar-refractivity contribution < 1.29 is 47.6 Å². The lowest BCUT2D eigenvalue weighted by Crippen LogP contribution is -2.62. The highest BCUT2D eigenvalue weighted by Crippen LogP contribution is 2.30. The van der Waals surface area contributed by atoms with E-state index in [4.69, 9.17) is 28.4 Å². The molecule has 1 aromatic carbocycles. The summed E-state index contributed by atoms with van der Waals surface area (Å²) in [4.78, 5) is 46.5. The van der Waals surface area contributed by atoms with E-state index in [0.717, 1.165) is 33.3 Å². The van der Waals surface area contributed by atoms with Gasteiger partial charge in [0.15, 0.2) is 12.2 Å².